The van der Waals surface area contributed by atoms with Crippen molar-refractivity contribution in [3.05, 3.63) is 59.7 Å². The van der Waals surface area contributed by atoms with Gasteiger partial charge in [-0.1, -0.05) is 31.5 Å². The second-order valence-corrected chi connectivity index (χ2v) is 12.2. The molecular weight excluding hydrogens is 506 g/mol. The first kappa shape index (κ1) is 27.8. The molecule has 196 valence electrons. The van der Waals surface area contributed by atoms with Gasteiger partial charge in [-0.05, 0) is 43.3 Å². The van der Waals surface area contributed by atoms with E-state index in [2.05, 4.69) is 0 Å². The quantitative estimate of drug-likeness (QED) is 0.447. The number of sulfonamides is 2. The average molecular weight is 538 g/mol. The highest BCUT2D eigenvalue weighted by molar-refractivity contribution is 7.89. The second-order valence-electron chi connectivity index (χ2n) is 8.29. The molecule has 1 heterocycles. The maximum atomic E-state index is 12.8. The van der Waals surface area contributed by atoms with Crippen molar-refractivity contribution in [1.82, 2.24) is 13.5 Å². The predicted molar refractivity (Wildman–Crippen MR) is 133 cm³/mol. The lowest BCUT2D eigenvalue weighted by Gasteiger charge is -2.33. The molecule has 0 aromatic heterocycles. The molecule has 1 saturated heterocycles. The Labute approximate surface area is 212 Å². The normalized spacial score (nSPS) is 15.2. The average Bonchev–Trinajstić information content (AvgIpc) is 2.88. The van der Waals surface area contributed by atoms with Crippen LogP contribution in [0, 0.1) is 6.92 Å². The Bertz CT molecular complexity index is 1280. The first-order valence-corrected chi connectivity index (χ1v) is 14.5. The second kappa shape index (κ2) is 11.5. The Balaban J connectivity index is 1.53. The van der Waals surface area contributed by atoms with E-state index in [1.54, 1.807) is 38.1 Å². The molecule has 0 N–H and O–H groups in total. The number of hydrogen-bond donors (Lipinski definition) is 0. The lowest BCUT2D eigenvalue weighted by atomic mass is 10.2. The molecule has 0 atom stereocenters. The number of piperazine rings is 1. The van der Waals surface area contributed by atoms with Gasteiger partial charge in [0.15, 0.2) is 6.61 Å². The van der Waals surface area contributed by atoms with Crippen LogP contribution in [-0.2, 0) is 29.6 Å². The van der Waals surface area contributed by atoms with Crippen LogP contribution < -0.4 is 0 Å². The topological polar surface area (TPSA) is 121 Å². The van der Waals surface area contributed by atoms with Gasteiger partial charge in [0.25, 0.3) is 5.91 Å². The number of rotatable bonds is 9. The van der Waals surface area contributed by atoms with Gasteiger partial charge in [-0.3, -0.25) is 4.79 Å². The first-order chi connectivity index (χ1) is 17.0. The molecule has 10 nitrogen and oxygen atoms in total. The smallest absolute Gasteiger partial charge is 0.338 e. The maximum Gasteiger partial charge on any atom is 0.338 e. The minimum absolute atomic E-state index is 0.0669. The molecule has 12 heteroatoms. The Kier molecular flexibility index (Phi) is 8.88. The van der Waals surface area contributed by atoms with Crippen molar-refractivity contribution in [2.45, 2.75) is 30.6 Å². The Hall–Kier alpha value is -2.80. The fourth-order valence-electron chi connectivity index (χ4n) is 3.81. The molecule has 1 amide bonds. The highest BCUT2D eigenvalue weighted by atomic mass is 32.2. The largest absolute Gasteiger partial charge is 0.452 e. The van der Waals surface area contributed by atoms with E-state index in [0.29, 0.717) is 13.1 Å². The van der Waals surface area contributed by atoms with Crippen LogP contribution in [0.5, 0.6) is 0 Å². The zero-order valence-corrected chi connectivity index (χ0v) is 22.2. The fraction of sp³-hybridized carbons (Fsp3) is 0.417. The SMILES string of the molecule is CCN(CC)S(=O)(=O)c1ccc(C(=O)OCC(=O)N2CCN(S(=O)(=O)c3ccc(C)cc3)CC2)cc1. The van der Waals surface area contributed by atoms with Gasteiger partial charge in [0, 0.05) is 39.3 Å². The van der Waals surface area contributed by atoms with Crippen LogP contribution in [0.3, 0.4) is 0 Å². The number of benzene rings is 2. The summed E-state index contributed by atoms with van der Waals surface area (Å²) in [6.07, 6.45) is 0. The zero-order chi connectivity index (χ0) is 26.5. The number of carbonyl (C=O) groups excluding carboxylic acids is 2. The summed E-state index contributed by atoms with van der Waals surface area (Å²) < 4.78 is 58.5. The molecule has 3 rings (SSSR count). The van der Waals surface area contributed by atoms with Gasteiger partial charge >= 0.3 is 5.97 Å². The number of nitrogens with zero attached hydrogens (tertiary/aromatic N) is 3. The Morgan fingerprint density at radius 3 is 1.89 bits per heavy atom. The van der Waals surface area contributed by atoms with E-state index < -0.39 is 38.5 Å². The Morgan fingerprint density at radius 1 is 0.833 bits per heavy atom. The van der Waals surface area contributed by atoms with Crippen molar-refractivity contribution in [3.63, 3.8) is 0 Å². The molecule has 0 radical (unpaired) electrons. The van der Waals surface area contributed by atoms with Crippen LogP contribution in [0.1, 0.15) is 29.8 Å². The van der Waals surface area contributed by atoms with E-state index in [9.17, 15) is 26.4 Å². The molecule has 2 aromatic rings. The van der Waals surface area contributed by atoms with Gasteiger partial charge in [-0.15, -0.1) is 0 Å². The molecule has 1 fully saturated rings. The monoisotopic (exact) mass is 537 g/mol. The van der Waals surface area contributed by atoms with Crippen molar-refractivity contribution in [3.8, 4) is 0 Å². The minimum Gasteiger partial charge on any atom is -0.452 e. The molecule has 0 saturated carbocycles. The van der Waals surface area contributed by atoms with Gasteiger partial charge in [0.1, 0.15) is 0 Å². The molecule has 0 bridgehead atoms. The number of esters is 1. The minimum atomic E-state index is -3.65. The third-order valence-electron chi connectivity index (χ3n) is 6.01. The standard InChI is InChI=1S/C24H31N3O7S2/c1-4-26(5-2)35(30,31)22-12-8-20(9-13-22)24(29)34-18-23(28)25-14-16-27(17-15-25)36(32,33)21-10-6-19(3)7-11-21/h6-13H,4-5,14-18H2,1-3H3. The van der Waals surface area contributed by atoms with Crippen LogP contribution in [0.2, 0.25) is 0 Å². The van der Waals surface area contributed by atoms with Crippen molar-refractivity contribution < 1.29 is 31.2 Å². The van der Waals surface area contributed by atoms with Crippen molar-refractivity contribution >= 4 is 31.9 Å². The van der Waals surface area contributed by atoms with E-state index in [0.717, 1.165) is 5.56 Å². The van der Waals surface area contributed by atoms with Gasteiger partial charge in [-0.25, -0.2) is 21.6 Å². The van der Waals surface area contributed by atoms with Crippen LogP contribution in [0.15, 0.2) is 58.3 Å². The third-order valence-corrected chi connectivity index (χ3v) is 9.99. The molecule has 0 spiro atoms. The summed E-state index contributed by atoms with van der Waals surface area (Å²) >= 11 is 0. The molecule has 0 aliphatic carbocycles. The highest BCUT2D eigenvalue weighted by Gasteiger charge is 2.30. The lowest BCUT2D eigenvalue weighted by Crippen LogP contribution is -2.51. The van der Waals surface area contributed by atoms with Gasteiger partial charge < -0.3 is 9.64 Å². The number of aryl methyl sites for hydroxylation is 1. The van der Waals surface area contributed by atoms with Crippen LogP contribution >= 0.6 is 0 Å². The summed E-state index contributed by atoms with van der Waals surface area (Å²) in [7, 11) is -7.29. The van der Waals surface area contributed by atoms with Gasteiger partial charge in [-0.2, -0.15) is 8.61 Å². The van der Waals surface area contributed by atoms with Crippen LogP contribution in [-0.4, -0.2) is 88.1 Å². The number of hydrogen-bond acceptors (Lipinski definition) is 7. The summed E-state index contributed by atoms with van der Waals surface area (Å²) in [4.78, 5) is 26.6. The first-order valence-electron chi connectivity index (χ1n) is 11.6. The van der Waals surface area contributed by atoms with E-state index in [1.807, 2.05) is 6.92 Å². The molecular formula is C24H31N3O7S2. The van der Waals surface area contributed by atoms with E-state index in [4.69, 9.17) is 4.74 Å². The number of carbonyl (C=O) groups is 2. The molecule has 1 aliphatic rings. The van der Waals surface area contributed by atoms with Gasteiger partial charge in [0.2, 0.25) is 20.0 Å². The number of amides is 1. The van der Waals surface area contributed by atoms with Crippen molar-refractivity contribution in [1.29, 1.82) is 0 Å². The zero-order valence-electron chi connectivity index (χ0n) is 20.6. The maximum absolute atomic E-state index is 12.8. The fourth-order valence-corrected chi connectivity index (χ4v) is 6.69. The van der Waals surface area contributed by atoms with Crippen molar-refractivity contribution in [2.24, 2.45) is 0 Å². The van der Waals surface area contributed by atoms with E-state index in [1.165, 1.54) is 37.8 Å². The highest BCUT2D eigenvalue weighted by Crippen LogP contribution is 2.19. The third kappa shape index (κ3) is 6.12. The summed E-state index contributed by atoms with van der Waals surface area (Å²) in [6.45, 7) is 6.16. The van der Waals surface area contributed by atoms with Crippen LogP contribution in [0.4, 0.5) is 0 Å². The van der Waals surface area contributed by atoms with Gasteiger partial charge in [0.05, 0.1) is 15.4 Å². The Morgan fingerprint density at radius 2 is 1.36 bits per heavy atom. The van der Waals surface area contributed by atoms with E-state index >= 15 is 0 Å². The number of ether oxygens (including phenoxy) is 1. The molecule has 36 heavy (non-hydrogen) atoms. The lowest BCUT2D eigenvalue weighted by molar-refractivity contribution is -0.135. The summed E-state index contributed by atoms with van der Waals surface area (Å²) in [5.41, 5.74) is 1.08. The molecule has 0 unspecified atom stereocenters. The summed E-state index contributed by atoms with van der Waals surface area (Å²) in [5.74, 6) is -1.19. The molecule has 1 aliphatic heterocycles. The molecule has 2 aromatic carbocycles. The summed E-state index contributed by atoms with van der Waals surface area (Å²) in [5, 5.41) is 0. The van der Waals surface area contributed by atoms with E-state index in [-0.39, 0.29) is 41.5 Å². The van der Waals surface area contributed by atoms with Crippen molar-refractivity contribution in [2.75, 3.05) is 45.9 Å². The summed E-state index contributed by atoms with van der Waals surface area (Å²) in [6, 6.07) is 12.0. The predicted octanol–water partition coefficient (Wildman–Crippen LogP) is 1.72. The van der Waals surface area contributed by atoms with Crippen LogP contribution in [0.25, 0.3) is 0 Å².